The summed E-state index contributed by atoms with van der Waals surface area (Å²) >= 11 is 5.54. The Labute approximate surface area is 240 Å². The molecule has 0 unspecified atom stereocenters. The Hall–Kier alpha value is -3.85. The van der Waals surface area contributed by atoms with Gasteiger partial charge in [-0.15, -0.1) is 0 Å². The molecule has 1 saturated heterocycles. The first-order valence-corrected chi connectivity index (χ1v) is 13.8. The predicted molar refractivity (Wildman–Crippen MR) is 161 cm³/mol. The first-order valence-electron chi connectivity index (χ1n) is 13.4. The molecule has 0 atom stereocenters. The van der Waals surface area contributed by atoms with Crippen molar-refractivity contribution in [2.45, 2.75) is 20.0 Å². The van der Waals surface area contributed by atoms with Crippen LogP contribution in [-0.4, -0.2) is 67.0 Å². The van der Waals surface area contributed by atoms with Crippen LogP contribution in [0.3, 0.4) is 0 Å². The van der Waals surface area contributed by atoms with Gasteiger partial charge in [-0.05, 0) is 59.0 Å². The van der Waals surface area contributed by atoms with Crippen LogP contribution in [0.1, 0.15) is 38.2 Å². The molecule has 206 valence electrons. The van der Waals surface area contributed by atoms with Gasteiger partial charge in [0, 0.05) is 42.8 Å². The van der Waals surface area contributed by atoms with Gasteiger partial charge in [0.15, 0.2) is 0 Å². The highest BCUT2D eigenvalue weighted by Gasteiger charge is 2.26. The third-order valence-electron chi connectivity index (χ3n) is 7.40. The first kappa shape index (κ1) is 27.7. The molecule has 2 aliphatic rings. The van der Waals surface area contributed by atoms with E-state index in [1.54, 1.807) is 11.4 Å². The molecule has 1 fully saturated rings. The molecule has 0 spiro atoms. The van der Waals surface area contributed by atoms with E-state index in [0.717, 1.165) is 57.9 Å². The van der Waals surface area contributed by atoms with Gasteiger partial charge in [0.2, 0.25) is 5.91 Å². The molecule has 40 heavy (non-hydrogen) atoms. The van der Waals surface area contributed by atoms with Gasteiger partial charge in [-0.25, -0.2) is 4.79 Å². The zero-order valence-corrected chi connectivity index (χ0v) is 23.6. The summed E-state index contributed by atoms with van der Waals surface area (Å²) in [6, 6.07) is 21.8. The second-order valence-electron chi connectivity index (χ2n) is 10.0. The molecule has 1 N–H and O–H groups in total. The minimum absolute atomic E-state index is 0.145. The number of ether oxygens (including phenoxy) is 2. The molecule has 3 aromatic rings. The Morgan fingerprint density at radius 1 is 0.975 bits per heavy atom. The van der Waals surface area contributed by atoms with Crippen LogP contribution in [0.25, 0.3) is 11.3 Å². The molecule has 1 amide bonds. The van der Waals surface area contributed by atoms with E-state index < -0.39 is 0 Å². The van der Waals surface area contributed by atoms with Crippen LogP contribution in [0.15, 0.2) is 66.7 Å². The number of thiocarbonyl (C=S) groups is 1. The van der Waals surface area contributed by atoms with Crippen molar-refractivity contribution in [1.82, 2.24) is 9.80 Å². The predicted octanol–water partition coefficient (Wildman–Crippen LogP) is 4.94. The number of nitrogens with one attached hydrogen (secondary N) is 1. The summed E-state index contributed by atoms with van der Waals surface area (Å²) in [6.45, 7) is 6.54. The molecule has 0 aromatic heterocycles. The lowest BCUT2D eigenvalue weighted by Gasteiger charge is -2.27. The Bertz CT molecular complexity index is 1450. The minimum atomic E-state index is -0.375. The highest BCUT2D eigenvalue weighted by molar-refractivity contribution is 7.79. The maximum Gasteiger partial charge on any atom is 0.337 e. The fourth-order valence-corrected chi connectivity index (χ4v) is 5.46. The van der Waals surface area contributed by atoms with E-state index in [4.69, 9.17) is 21.7 Å². The average Bonchev–Trinajstić information content (AvgIpc) is 3.42. The van der Waals surface area contributed by atoms with Gasteiger partial charge in [-0.3, -0.25) is 9.69 Å². The van der Waals surface area contributed by atoms with E-state index in [2.05, 4.69) is 22.3 Å². The van der Waals surface area contributed by atoms with E-state index in [9.17, 15) is 9.59 Å². The van der Waals surface area contributed by atoms with Crippen LogP contribution in [-0.2, 0) is 27.4 Å². The number of anilines is 1. The van der Waals surface area contributed by atoms with Gasteiger partial charge in [0.25, 0.3) is 0 Å². The Balaban J connectivity index is 1.42. The third kappa shape index (κ3) is 6.14. The second kappa shape index (κ2) is 12.6. The summed E-state index contributed by atoms with van der Waals surface area (Å²) in [6.07, 6.45) is 0. The van der Waals surface area contributed by atoms with E-state index >= 15 is 0 Å². The van der Waals surface area contributed by atoms with Crippen molar-refractivity contribution in [2.24, 2.45) is 0 Å². The number of rotatable bonds is 8. The summed E-state index contributed by atoms with van der Waals surface area (Å²) in [7, 11) is 1.38. The monoisotopic (exact) mass is 555 g/mol. The number of allylic oxidation sites excluding steroid dienone is 1. The molecular weight excluding hydrogens is 522 g/mol. The largest absolute Gasteiger partial charge is 0.465 e. The summed E-state index contributed by atoms with van der Waals surface area (Å²) in [5, 5.41) is 5.30. The van der Waals surface area contributed by atoms with Gasteiger partial charge in [0.1, 0.15) is 0 Å². The van der Waals surface area contributed by atoms with E-state index in [1.807, 2.05) is 60.4 Å². The van der Waals surface area contributed by atoms with E-state index in [0.29, 0.717) is 38.4 Å². The van der Waals surface area contributed by atoms with E-state index in [1.165, 1.54) is 7.11 Å². The maximum atomic E-state index is 13.0. The van der Waals surface area contributed by atoms with Crippen molar-refractivity contribution in [2.75, 3.05) is 45.3 Å². The summed E-state index contributed by atoms with van der Waals surface area (Å²) in [5.41, 5.74) is 8.24. The van der Waals surface area contributed by atoms with Crippen LogP contribution in [0.2, 0.25) is 0 Å². The number of amides is 1. The van der Waals surface area contributed by atoms with Crippen LogP contribution >= 0.6 is 12.2 Å². The average molecular weight is 556 g/mol. The highest BCUT2D eigenvalue weighted by Crippen LogP contribution is 2.32. The van der Waals surface area contributed by atoms with Crippen LogP contribution in [0.4, 0.5) is 5.69 Å². The molecule has 7 nitrogen and oxygen atoms in total. The van der Waals surface area contributed by atoms with Gasteiger partial charge >= 0.3 is 5.97 Å². The maximum absolute atomic E-state index is 13.0. The van der Waals surface area contributed by atoms with Gasteiger partial charge in [0.05, 0.1) is 38.1 Å². The van der Waals surface area contributed by atoms with Gasteiger partial charge in [-0.1, -0.05) is 54.7 Å². The zero-order valence-electron chi connectivity index (χ0n) is 22.8. The second-order valence-corrected chi connectivity index (χ2v) is 10.3. The van der Waals surface area contributed by atoms with Crippen molar-refractivity contribution < 1.29 is 19.1 Å². The normalized spacial score (nSPS) is 15.7. The van der Waals surface area contributed by atoms with Crippen LogP contribution in [0, 0.1) is 6.92 Å². The van der Waals surface area contributed by atoms with Crippen LogP contribution in [0.5, 0.6) is 0 Å². The highest BCUT2D eigenvalue weighted by atomic mass is 32.1. The molecule has 0 radical (unpaired) electrons. The summed E-state index contributed by atoms with van der Waals surface area (Å²) in [5.74, 6) is -0.231. The fourth-order valence-electron chi connectivity index (χ4n) is 5.21. The number of esters is 1. The van der Waals surface area contributed by atoms with Crippen molar-refractivity contribution >= 4 is 46.4 Å². The topological polar surface area (TPSA) is 71.1 Å². The summed E-state index contributed by atoms with van der Waals surface area (Å²) < 4.78 is 10.3. The number of hydrogen-bond acceptors (Lipinski definition) is 7. The number of fused-ring (bicyclic) bond motifs is 1. The third-order valence-corrected chi connectivity index (χ3v) is 7.64. The lowest BCUT2D eigenvalue weighted by Crippen LogP contribution is -2.43. The Kier molecular flexibility index (Phi) is 8.69. The number of aryl methyl sites for hydroxylation is 1. The van der Waals surface area contributed by atoms with Crippen LogP contribution < -0.4 is 5.32 Å². The molecule has 2 heterocycles. The number of hydrogen-bond donors (Lipinski definition) is 1. The van der Waals surface area contributed by atoms with Crippen molar-refractivity contribution in [1.29, 1.82) is 0 Å². The number of methoxy groups -OCH3 is 1. The Morgan fingerprint density at radius 3 is 2.42 bits per heavy atom. The molecule has 5 rings (SSSR count). The number of carbonyl (C=O) groups excluding carboxylic acids is 2. The fraction of sp³-hybridized carbons (Fsp3) is 0.281. The zero-order chi connectivity index (χ0) is 28.1. The molecule has 0 saturated carbocycles. The minimum Gasteiger partial charge on any atom is -0.465 e. The molecule has 2 aliphatic heterocycles. The molecule has 0 aliphatic carbocycles. The Morgan fingerprint density at radius 2 is 1.73 bits per heavy atom. The van der Waals surface area contributed by atoms with E-state index in [-0.39, 0.29) is 11.9 Å². The van der Waals surface area contributed by atoms with Crippen molar-refractivity contribution in [3.63, 3.8) is 0 Å². The van der Waals surface area contributed by atoms with Gasteiger partial charge < -0.3 is 19.7 Å². The number of nitrogens with zero attached hydrogens (tertiary/aromatic N) is 2. The molecule has 8 heteroatoms. The molecular formula is C32H33N3O4S. The lowest BCUT2D eigenvalue weighted by atomic mass is 9.95. The standard InChI is InChI=1S/C32H33N3O4S/c1-22-16-24(32(37)38-2)9-11-28(22)29(21-40)31(23-6-4-3-5-7-23)33-27-10-8-25-18-35(19-26(25)17-27)30(36)20-34-12-14-39-15-13-34/h3-11,16-17,21,33H,12-15,18-20H2,1-2H3/b31-29+. The lowest BCUT2D eigenvalue weighted by molar-refractivity contribution is -0.134. The smallest absolute Gasteiger partial charge is 0.337 e. The molecule has 0 bridgehead atoms. The van der Waals surface area contributed by atoms with Crippen molar-refractivity contribution in [3.8, 4) is 0 Å². The number of morpholine rings is 1. The molecule has 3 aromatic carbocycles. The van der Waals surface area contributed by atoms with Crippen molar-refractivity contribution in [3.05, 3.63) is 100 Å². The quantitative estimate of drug-likeness (QED) is 0.183. The van der Waals surface area contributed by atoms with Gasteiger partial charge in [-0.2, -0.15) is 0 Å². The summed E-state index contributed by atoms with van der Waals surface area (Å²) in [4.78, 5) is 29.2. The number of benzene rings is 3. The first-order chi connectivity index (χ1) is 19.5. The SMILES string of the molecule is COC(=O)c1ccc(/C(C=S)=C(/Nc2ccc3c(c2)CN(C(=O)CN2CCOCC2)C3)c2ccccc2)c(C)c1. The number of carbonyl (C=O) groups is 2.